The van der Waals surface area contributed by atoms with Gasteiger partial charge in [-0.05, 0) is 30.2 Å². The summed E-state index contributed by atoms with van der Waals surface area (Å²) in [6.45, 7) is 2.59. The highest BCUT2D eigenvalue weighted by Gasteiger charge is 2.04. The fourth-order valence-corrected chi connectivity index (χ4v) is 2.04. The molecule has 1 unspecified atom stereocenters. The molecule has 1 heterocycles. The Morgan fingerprint density at radius 1 is 1.31 bits per heavy atom. The van der Waals surface area contributed by atoms with Crippen LogP contribution < -0.4 is 0 Å². The molecule has 3 heteroatoms. The molecule has 0 radical (unpaired) electrons. The number of aliphatic hydroxyl groups is 1. The maximum Gasteiger partial charge on any atom is 0.0776 e. The van der Waals surface area contributed by atoms with Crippen molar-refractivity contribution in [2.75, 3.05) is 0 Å². The van der Waals surface area contributed by atoms with Crippen molar-refractivity contribution in [2.24, 2.45) is 0 Å². The fourth-order valence-electron chi connectivity index (χ4n) is 1.63. The predicted molar refractivity (Wildman–Crippen MR) is 68.3 cm³/mol. The van der Waals surface area contributed by atoms with E-state index in [0.29, 0.717) is 0 Å². The second-order valence-electron chi connectivity index (χ2n) is 3.88. The summed E-state index contributed by atoms with van der Waals surface area (Å²) >= 11 is 3.53. The molecule has 0 saturated heterocycles. The van der Waals surface area contributed by atoms with E-state index in [1.54, 1.807) is 6.92 Å². The third-order valence-electron chi connectivity index (χ3n) is 2.57. The van der Waals surface area contributed by atoms with E-state index in [-0.39, 0.29) is 0 Å². The number of halogens is 1. The molecule has 0 fully saturated rings. The lowest BCUT2D eigenvalue weighted by Crippen LogP contribution is -1.97. The predicted octanol–water partition coefficient (Wildman–Crippen LogP) is 3.35. The lowest BCUT2D eigenvalue weighted by atomic mass is 10.2. The van der Waals surface area contributed by atoms with Gasteiger partial charge in [-0.15, -0.1) is 0 Å². The van der Waals surface area contributed by atoms with Crippen LogP contribution in [0.4, 0.5) is 0 Å². The lowest BCUT2D eigenvalue weighted by molar-refractivity contribution is 0.199. The van der Waals surface area contributed by atoms with Crippen molar-refractivity contribution in [2.45, 2.75) is 19.6 Å². The molecule has 84 valence electrons. The van der Waals surface area contributed by atoms with E-state index in [0.717, 1.165) is 16.6 Å². The average molecular weight is 280 g/mol. The van der Waals surface area contributed by atoms with Gasteiger partial charge < -0.3 is 9.67 Å². The van der Waals surface area contributed by atoms with Crippen LogP contribution in [-0.2, 0) is 6.54 Å². The summed E-state index contributed by atoms with van der Waals surface area (Å²) in [4.78, 5) is 0. The highest BCUT2D eigenvalue weighted by molar-refractivity contribution is 9.10. The van der Waals surface area contributed by atoms with Crippen molar-refractivity contribution in [3.05, 3.63) is 58.3 Å². The highest BCUT2D eigenvalue weighted by atomic mass is 79.9. The van der Waals surface area contributed by atoms with Gasteiger partial charge in [0.25, 0.3) is 0 Å². The van der Waals surface area contributed by atoms with Crippen LogP contribution in [-0.4, -0.2) is 9.67 Å². The van der Waals surface area contributed by atoms with Crippen molar-refractivity contribution < 1.29 is 5.11 Å². The first kappa shape index (κ1) is 11.4. The summed E-state index contributed by atoms with van der Waals surface area (Å²) in [5, 5.41) is 9.44. The Morgan fingerprint density at radius 3 is 2.69 bits per heavy atom. The smallest absolute Gasteiger partial charge is 0.0776 e. The zero-order chi connectivity index (χ0) is 11.5. The Labute approximate surface area is 104 Å². The van der Waals surface area contributed by atoms with Crippen LogP contribution in [0.5, 0.6) is 0 Å². The second-order valence-corrected chi connectivity index (χ2v) is 4.74. The molecule has 0 aliphatic carbocycles. The number of aromatic nitrogens is 1. The minimum atomic E-state index is -0.402. The number of rotatable bonds is 3. The van der Waals surface area contributed by atoms with Crippen molar-refractivity contribution >= 4 is 15.9 Å². The minimum Gasteiger partial charge on any atom is -0.389 e. The zero-order valence-corrected chi connectivity index (χ0v) is 10.7. The van der Waals surface area contributed by atoms with Gasteiger partial charge in [0.2, 0.25) is 0 Å². The van der Waals surface area contributed by atoms with Crippen LogP contribution in [0.3, 0.4) is 0 Å². The highest BCUT2D eigenvalue weighted by Crippen LogP contribution is 2.18. The molecule has 2 nitrogen and oxygen atoms in total. The van der Waals surface area contributed by atoms with Gasteiger partial charge in [0.05, 0.1) is 6.10 Å². The third kappa shape index (κ3) is 2.54. The Bertz CT molecular complexity index is 476. The van der Waals surface area contributed by atoms with Crippen molar-refractivity contribution in [3.8, 4) is 0 Å². The summed E-state index contributed by atoms with van der Waals surface area (Å²) in [5.41, 5.74) is 2.18. The van der Waals surface area contributed by atoms with Gasteiger partial charge in [-0.1, -0.05) is 34.1 Å². The van der Waals surface area contributed by atoms with Crippen LogP contribution in [0.2, 0.25) is 0 Å². The van der Waals surface area contributed by atoms with Gasteiger partial charge in [0.15, 0.2) is 0 Å². The van der Waals surface area contributed by atoms with Crippen LogP contribution in [0.25, 0.3) is 0 Å². The third-order valence-corrected chi connectivity index (χ3v) is 3.34. The number of benzene rings is 1. The van der Waals surface area contributed by atoms with Crippen molar-refractivity contribution in [3.63, 3.8) is 0 Å². The molecule has 0 spiro atoms. The van der Waals surface area contributed by atoms with E-state index < -0.39 is 6.10 Å². The SMILES string of the molecule is CC(O)c1ccn(Cc2ccccc2Br)c1. The van der Waals surface area contributed by atoms with Gasteiger partial charge in [0, 0.05) is 23.4 Å². The van der Waals surface area contributed by atoms with Crippen LogP contribution in [0, 0.1) is 0 Å². The Hall–Kier alpha value is -1.06. The molecule has 2 rings (SSSR count). The summed E-state index contributed by atoms with van der Waals surface area (Å²) in [7, 11) is 0. The van der Waals surface area contributed by atoms with Crippen LogP contribution in [0.1, 0.15) is 24.2 Å². The van der Waals surface area contributed by atoms with Crippen LogP contribution in [0.15, 0.2) is 47.2 Å². The Morgan fingerprint density at radius 2 is 2.06 bits per heavy atom. The minimum absolute atomic E-state index is 0.402. The zero-order valence-electron chi connectivity index (χ0n) is 9.10. The summed E-state index contributed by atoms with van der Waals surface area (Å²) < 4.78 is 3.18. The van der Waals surface area contributed by atoms with Gasteiger partial charge >= 0.3 is 0 Å². The largest absolute Gasteiger partial charge is 0.389 e. The number of nitrogens with zero attached hydrogens (tertiary/aromatic N) is 1. The van der Waals surface area contributed by atoms with Crippen LogP contribution >= 0.6 is 15.9 Å². The molecule has 16 heavy (non-hydrogen) atoms. The molecule has 0 amide bonds. The van der Waals surface area contributed by atoms with Gasteiger partial charge in [0.1, 0.15) is 0 Å². The number of hydrogen-bond acceptors (Lipinski definition) is 1. The van der Waals surface area contributed by atoms with Crippen molar-refractivity contribution in [1.29, 1.82) is 0 Å². The van der Waals surface area contributed by atoms with Crippen molar-refractivity contribution in [1.82, 2.24) is 4.57 Å². The number of hydrogen-bond donors (Lipinski definition) is 1. The maximum atomic E-state index is 9.44. The van der Waals surface area contributed by atoms with Gasteiger partial charge in [-0.3, -0.25) is 0 Å². The van der Waals surface area contributed by atoms with Gasteiger partial charge in [-0.2, -0.15) is 0 Å². The van der Waals surface area contributed by atoms with Gasteiger partial charge in [-0.25, -0.2) is 0 Å². The summed E-state index contributed by atoms with van der Waals surface area (Å²) in [5.74, 6) is 0. The summed E-state index contributed by atoms with van der Waals surface area (Å²) in [6, 6.07) is 10.1. The molecule has 1 aromatic carbocycles. The molecule has 0 saturated carbocycles. The van der Waals surface area contributed by atoms with E-state index in [2.05, 4.69) is 26.6 Å². The van der Waals surface area contributed by atoms with E-state index in [4.69, 9.17) is 0 Å². The fraction of sp³-hybridized carbons (Fsp3) is 0.231. The molecular weight excluding hydrogens is 266 g/mol. The molecule has 2 aromatic rings. The topological polar surface area (TPSA) is 25.2 Å². The monoisotopic (exact) mass is 279 g/mol. The molecule has 1 aromatic heterocycles. The maximum absolute atomic E-state index is 9.44. The quantitative estimate of drug-likeness (QED) is 0.916. The molecule has 1 N–H and O–H groups in total. The first-order valence-electron chi connectivity index (χ1n) is 5.24. The first-order valence-corrected chi connectivity index (χ1v) is 6.03. The molecule has 0 aliphatic rings. The molecule has 1 atom stereocenters. The summed E-state index contributed by atoms with van der Waals surface area (Å²) in [6.07, 6.45) is 3.56. The Balaban J connectivity index is 2.18. The average Bonchev–Trinajstić information content (AvgIpc) is 2.70. The van der Waals surface area contributed by atoms with E-state index in [9.17, 15) is 5.11 Å². The standard InChI is InChI=1S/C13H14BrNO/c1-10(16)11-6-7-15(8-11)9-12-4-2-3-5-13(12)14/h2-8,10,16H,9H2,1H3. The van der Waals surface area contributed by atoms with E-state index in [1.165, 1.54) is 5.56 Å². The molecular formula is C13H14BrNO. The van der Waals surface area contributed by atoms with E-state index in [1.807, 2.05) is 36.7 Å². The lowest BCUT2D eigenvalue weighted by Gasteiger charge is -2.05. The molecule has 0 bridgehead atoms. The Kier molecular flexibility index (Phi) is 3.46. The number of aliphatic hydroxyl groups excluding tert-OH is 1. The second kappa shape index (κ2) is 4.85. The normalized spacial score (nSPS) is 12.7. The van der Waals surface area contributed by atoms with E-state index >= 15 is 0 Å². The first-order chi connectivity index (χ1) is 7.66. The molecule has 0 aliphatic heterocycles.